The van der Waals surface area contributed by atoms with Crippen molar-refractivity contribution < 1.29 is 23.8 Å². The molecule has 0 spiro atoms. The van der Waals surface area contributed by atoms with Crippen LogP contribution in [0.25, 0.3) is 0 Å². The van der Waals surface area contributed by atoms with E-state index in [1.807, 2.05) is 19.9 Å². The molecule has 0 aromatic carbocycles. The lowest BCUT2D eigenvalue weighted by atomic mass is 9.76. The molecule has 0 fully saturated rings. The Morgan fingerprint density at radius 2 is 1.70 bits per heavy atom. The summed E-state index contributed by atoms with van der Waals surface area (Å²) in [5.74, 6) is -0.570. The average Bonchev–Trinajstić information content (AvgIpc) is 2.54. The third-order valence-corrected chi connectivity index (χ3v) is 4.13. The summed E-state index contributed by atoms with van der Waals surface area (Å²) in [4.78, 5) is 24.0. The maximum Gasteiger partial charge on any atom is 0.311 e. The Bertz CT molecular complexity index is 427. The van der Waals surface area contributed by atoms with Gasteiger partial charge >= 0.3 is 11.9 Å². The fourth-order valence-corrected chi connectivity index (χ4v) is 1.97. The maximum absolute atomic E-state index is 12.2. The molecule has 0 aliphatic carbocycles. The molecule has 1 unspecified atom stereocenters. The molecule has 0 aliphatic rings. The molecule has 6 heteroatoms. The number of nitriles is 1. The monoisotopic (exact) mass is 327 g/mol. The van der Waals surface area contributed by atoms with E-state index in [0.29, 0.717) is 32.3 Å². The number of methoxy groups -OCH3 is 1. The van der Waals surface area contributed by atoms with E-state index in [0.717, 1.165) is 0 Å². The van der Waals surface area contributed by atoms with E-state index < -0.39 is 10.8 Å². The molecule has 1 atom stereocenters. The maximum atomic E-state index is 12.2. The van der Waals surface area contributed by atoms with Gasteiger partial charge in [-0.05, 0) is 40.0 Å². The molecule has 0 aromatic rings. The third-order valence-electron chi connectivity index (χ3n) is 4.13. The fraction of sp³-hybridized carbons (Fsp3) is 0.824. The molecule has 0 aliphatic heterocycles. The van der Waals surface area contributed by atoms with Crippen molar-refractivity contribution >= 4 is 11.9 Å². The first-order chi connectivity index (χ1) is 10.7. The van der Waals surface area contributed by atoms with Crippen molar-refractivity contribution in [2.45, 2.75) is 53.4 Å². The predicted molar refractivity (Wildman–Crippen MR) is 85.4 cm³/mol. The van der Waals surface area contributed by atoms with E-state index in [-0.39, 0.29) is 25.2 Å². The summed E-state index contributed by atoms with van der Waals surface area (Å²) < 4.78 is 15.2. The van der Waals surface area contributed by atoms with Gasteiger partial charge in [-0.25, -0.2) is 0 Å². The van der Waals surface area contributed by atoms with Crippen LogP contribution in [0.5, 0.6) is 0 Å². The van der Waals surface area contributed by atoms with Crippen molar-refractivity contribution in [2.75, 3.05) is 26.9 Å². The quantitative estimate of drug-likeness (QED) is 0.428. The number of hydrogen-bond acceptors (Lipinski definition) is 6. The van der Waals surface area contributed by atoms with Gasteiger partial charge in [0.1, 0.15) is 6.61 Å². The van der Waals surface area contributed by atoms with Crippen molar-refractivity contribution in [3.63, 3.8) is 0 Å². The van der Waals surface area contributed by atoms with Gasteiger partial charge in [0.15, 0.2) is 0 Å². The topological polar surface area (TPSA) is 85.6 Å². The molecule has 0 radical (unpaired) electrons. The van der Waals surface area contributed by atoms with Crippen LogP contribution >= 0.6 is 0 Å². The zero-order valence-electron chi connectivity index (χ0n) is 14.9. The molecular formula is C17H29NO5. The molecule has 0 bridgehead atoms. The Kier molecular flexibility index (Phi) is 9.50. The second kappa shape index (κ2) is 10.2. The molecular weight excluding hydrogens is 298 g/mol. The van der Waals surface area contributed by atoms with Gasteiger partial charge in [-0.15, -0.1) is 0 Å². The van der Waals surface area contributed by atoms with Crippen LogP contribution < -0.4 is 0 Å². The number of nitrogens with zero attached hydrogens (tertiary/aromatic N) is 1. The first-order valence-corrected chi connectivity index (χ1v) is 7.94. The smallest absolute Gasteiger partial charge is 0.311 e. The lowest BCUT2D eigenvalue weighted by Gasteiger charge is -2.29. The Morgan fingerprint density at radius 1 is 1.04 bits per heavy atom. The minimum atomic E-state index is -0.683. The van der Waals surface area contributed by atoms with Crippen LogP contribution in [-0.4, -0.2) is 38.9 Å². The lowest BCUT2D eigenvalue weighted by Crippen LogP contribution is -2.33. The normalized spacial score (nSPS) is 13.7. The van der Waals surface area contributed by atoms with E-state index in [1.54, 1.807) is 13.8 Å². The summed E-state index contributed by atoms with van der Waals surface area (Å²) in [6.07, 6.45) is 2.05. The molecule has 0 heterocycles. The standard InChI is InChI=1S/C17H29NO5/c1-6-17(4,15(20)21-5)9-8-16(2,3)14(19)23-13-12-22-11-7-10-18/h6-9,11-13H2,1-5H3. The van der Waals surface area contributed by atoms with E-state index in [9.17, 15) is 9.59 Å². The van der Waals surface area contributed by atoms with Gasteiger partial charge in [0.05, 0.1) is 43.6 Å². The van der Waals surface area contributed by atoms with Crippen LogP contribution in [0.4, 0.5) is 0 Å². The van der Waals surface area contributed by atoms with Gasteiger partial charge < -0.3 is 14.2 Å². The highest BCUT2D eigenvalue weighted by Crippen LogP contribution is 2.35. The third kappa shape index (κ3) is 7.47. The van der Waals surface area contributed by atoms with Crippen molar-refractivity contribution in [3.05, 3.63) is 0 Å². The minimum Gasteiger partial charge on any atom is -0.469 e. The van der Waals surface area contributed by atoms with Gasteiger partial charge in [0, 0.05) is 0 Å². The zero-order chi connectivity index (χ0) is 17.9. The summed E-state index contributed by atoms with van der Waals surface area (Å²) in [7, 11) is 1.38. The largest absolute Gasteiger partial charge is 0.469 e. The summed E-state index contributed by atoms with van der Waals surface area (Å²) >= 11 is 0. The summed E-state index contributed by atoms with van der Waals surface area (Å²) in [5, 5.41) is 8.37. The zero-order valence-corrected chi connectivity index (χ0v) is 14.9. The van der Waals surface area contributed by atoms with E-state index in [2.05, 4.69) is 0 Å². The molecule has 6 nitrogen and oxygen atoms in total. The first-order valence-electron chi connectivity index (χ1n) is 7.94. The van der Waals surface area contributed by atoms with Crippen molar-refractivity contribution in [1.82, 2.24) is 0 Å². The van der Waals surface area contributed by atoms with Crippen LogP contribution in [0.3, 0.4) is 0 Å². The van der Waals surface area contributed by atoms with E-state index in [1.165, 1.54) is 7.11 Å². The predicted octanol–water partition coefficient (Wildman–Crippen LogP) is 2.86. The van der Waals surface area contributed by atoms with Crippen LogP contribution in [-0.2, 0) is 23.8 Å². The second-order valence-electron chi connectivity index (χ2n) is 6.45. The SMILES string of the molecule is CCC(C)(CCC(C)(C)C(=O)OCCOCCC#N)C(=O)OC. The van der Waals surface area contributed by atoms with Crippen LogP contribution in [0, 0.1) is 22.2 Å². The molecule has 23 heavy (non-hydrogen) atoms. The highest BCUT2D eigenvalue weighted by Gasteiger charge is 2.37. The number of carbonyl (C=O) groups excluding carboxylic acids is 2. The summed E-state index contributed by atoms with van der Waals surface area (Å²) in [6.45, 7) is 8.17. The second-order valence-corrected chi connectivity index (χ2v) is 6.45. The molecule has 0 aromatic heterocycles. The van der Waals surface area contributed by atoms with Crippen LogP contribution in [0.15, 0.2) is 0 Å². The lowest BCUT2D eigenvalue weighted by molar-refractivity contribution is -0.159. The Hall–Kier alpha value is -1.61. The molecule has 132 valence electrons. The molecule has 0 amide bonds. The van der Waals surface area contributed by atoms with Crippen LogP contribution in [0.2, 0.25) is 0 Å². The highest BCUT2D eigenvalue weighted by molar-refractivity contribution is 5.77. The van der Waals surface area contributed by atoms with Crippen molar-refractivity contribution in [2.24, 2.45) is 10.8 Å². The van der Waals surface area contributed by atoms with Gasteiger partial charge in [0.25, 0.3) is 0 Å². The summed E-state index contributed by atoms with van der Waals surface area (Å²) in [6, 6.07) is 1.97. The molecule has 0 saturated carbocycles. The van der Waals surface area contributed by atoms with Crippen molar-refractivity contribution in [1.29, 1.82) is 5.26 Å². The van der Waals surface area contributed by atoms with Gasteiger partial charge in [-0.1, -0.05) is 6.92 Å². The Morgan fingerprint density at radius 3 is 2.22 bits per heavy atom. The van der Waals surface area contributed by atoms with Gasteiger partial charge in [0.2, 0.25) is 0 Å². The van der Waals surface area contributed by atoms with Gasteiger partial charge in [-0.3, -0.25) is 9.59 Å². The van der Waals surface area contributed by atoms with E-state index in [4.69, 9.17) is 19.5 Å². The first kappa shape index (κ1) is 21.4. The fourth-order valence-electron chi connectivity index (χ4n) is 1.97. The molecule has 0 rings (SSSR count). The highest BCUT2D eigenvalue weighted by atomic mass is 16.6. The Labute approximate surface area is 139 Å². The summed E-state index contributed by atoms with van der Waals surface area (Å²) in [5.41, 5.74) is -1.27. The van der Waals surface area contributed by atoms with Crippen molar-refractivity contribution in [3.8, 4) is 6.07 Å². The van der Waals surface area contributed by atoms with Crippen LogP contribution in [0.1, 0.15) is 53.4 Å². The number of carbonyl (C=O) groups is 2. The average molecular weight is 327 g/mol. The number of hydrogen-bond donors (Lipinski definition) is 0. The Balaban J connectivity index is 4.32. The number of esters is 2. The van der Waals surface area contributed by atoms with E-state index >= 15 is 0 Å². The number of rotatable bonds is 11. The van der Waals surface area contributed by atoms with Gasteiger partial charge in [-0.2, -0.15) is 5.26 Å². The molecule has 0 saturated heterocycles. The number of ether oxygens (including phenoxy) is 3. The molecule has 0 N–H and O–H groups in total. The minimum absolute atomic E-state index is 0.162.